The van der Waals surface area contributed by atoms with Gasteiger partial charge in [0.1, 0.15) is 5.56 Å². The van der Waals surface area contributed by atoms with Crippen LogP contribution >= 0.6 is 0 Å². The summed E-state index contributed by atoms with van der Waals surface area (Å²) in [5, 5.41) is 31.9. The van der Waals surface area contributed by atoms with Crippen molar-refractivity contribution in [2.24, 2.45) is 23.2 Å². The van der Waals surface area contributed by atoms with E-state index in [0.29, 0.717) is 35.6 Å². The monoisotopic (exact) mass is 434 g/mol. The van der Waals surface area contributed by atoms with Crippen LogP contribution in [0.1, 0.15) is 62.7 Å². The van der Waals surface area contributed by atoms with E-state index in [-0.39, 0.29) is 17.4 Å². The van der Waals surface area contributed by atoms with Crippen LogP contribution in [0.5, 0.6) is 0 Å². The van der Waals surface area contributed by atoms with Crippen molar-refractivity contribution in [3.63, 3.8) is 0 Å². The van der Waals surface area contributed by atoms with E-state index in [1.807, 2.05) is 19.9 Å². The first-order valence-corrected chi connectivity index (χ1v) is 11.4. The Hall–Kier alpha value is -2.92. The molecule has 2 N–H and O–H groups in total. The molecule has 32 heavy (non-hydrogen) atoms. The molecule has 2 unspecified atom stereocenters. The fourth-order valence-electron chi connectivity index (χ4n) is 6.23. The number of aromatic nitrogens is 4. The van der Waals surface area contributed by atoms with Crippen molar-refractivity contribution < 1.29 is 9.90 Å². The maximum absolute atomic E-state index is 13.4. The average molecular weight is 435 g/mol. The average Bonchev–Trinajstić information content (AvgIpc) is 3.37. The van der Waals surface area contributed by atoms with Gasteiger partial charge in [0.25, 0.3) is 5.91 Å². The largest absolute Gasteiger partial charge is 0.390 e. The lowest BCUT2D eigenvalue weighted by Gasteiger charge is -2.58. The minimum atomic E-state index is -0.524. The van der Waals surface area contributed by atoms with Crippen molar-refractivity contribution in [3.05, 3.63) is 36.3 Å². The van der Waals surface area contributed by atoms with Crippen molar-refractivity contribution in [3.8, 4) is 11.9 Å². The Bertz CT molecular complexity index is 1060. The Morgan fingerprint density at radius 2 is 2.09 bits per heavy atom. The summed E-state index contributed by atoms with van der Waals surface area (Å²) < 4.78 is 3.28. The normalized spacial score (nSPS) is 31.2. The van der Waals surface area contributed by atoms with Crippen molar-refractivity contribution in [2.75, 3.05) is 0 Å². The summed E-state index contributed by atoms with van der Waals surface area (Å²) in [6.07, 6.45) is 13.8. The second-order valence-electron chi connectivity index (χ2n) is 10.6. The zero-order valence-electron chi connectivity index (χ0n) is 18.6. The van der Waals surface area contributed by atoms with Gasteiger partial charge in [0.2, 0.25) is 0 Å². The number of nitrogens with zero attached hydrogens (tertiary/aromatic N) is 5. The topological polar surface area (TPSA) is 109 Å². The molecule has 8 heteroatoms. The van der Waals surface area contributed by atoms with Gasteiger partial charge in [0.05, 0.1) is 17.9 Å². The lowest BCUT2D eigenvalue weighted by atomic mass is 9.52. The molecule has 4 aliphatic rings. The summed E-state index contributed by atoms with van der Waals surface area (Å²) in [4.78, 5) is 13.4. The number of nitrogens with one attached hydrogen (secondary N) is 1. The standard InChI is InChI=1S/C24H30N6O2/c1-23(2,4-6-25)5-9-30-22(29-8-3-7-26-29)19(15-27-30)21(31)28-20-17-10-16-11-18(20)14-24(32,12-16)13-17/h3,5,7-9,15-18,20,32H,4,10-14H2,1-2H3,(H,28,31)/b9-5+/t16?,17?,18?,20-,24-. The van der Waals surface area contributed by atoms with Gasteiger partial charge in [-0.15, -0.1) is 0 Å². The fourth-order valence-corrected chi connectivity index (χ4v) is 6.23. The Labute approximate surface area is 187 Å². The van der Waals surface area contributed by atoms with Gasteiger partial charge in [-0.25, -0.2) is 9.36 Å². The number of allylic oxidation sites excluding steroid dienone is 1. The number of amides is 1. The SMILES string of the molecule is CC(C)(/C=C/n1ncc(C(=O)N[C@H]2C3CC4CC2C[C@](O)(C4)C3)c1-n1cccn1)CC#N. The summed E-state index contributed by atoms with van der Waals surface area (Å²) >= 11 is 0. The molecule has 1 amide bonds. The minimum absolute atomic E-state index is 0.0956. The second-order valence-corrected chi connectivity index (χ2v) is 10.6. The number of hydrogen-bond acceptors (Lipinski definition) is 5. The van der Waals surface area contributed by atoms with Gasteiger partial charge in [0.15, 0.2) is 5.82 Å². The third-order valence-corrected chi connectivity index (χ3v) is 7.48. The number of carbonyl (C=O) groups is 1. The first kappa shape index (κ1) is 21.0. The first-order valence-electron chi connectivity index (χ1n) is 11.4. The smallest absolute Gasteiger partial charge is 0.257 e. The number of nitriles is 1. The molecule has 2 heterocycles. The number of rotatable bonds is 6. The van der Waals surface area contributed by atoms with Crippen molar-refractivity contribution in [1.29, 1.82) is 5.26 Å². The molecule has 2 atom stereocenters. The molecule has 4 fully saturated rings. The molecule has 6 rings (SSSR count). The van der Waals surface area contributed by atoms with Crippen molar-refractivity contribution >= 4 is 12.1 Å². The maximum atomic E-state index is 13.4. The van der Waals surface area contributed by atoms with E-state index in [1.54, 1.807) is 40.2 Å². The zero-order valence-corrected chi connectivity index (χ0v) is 18.6. The van der Waals surface area contributed by atoms with E-state index in [1.165, 1.54) is 0 Å². The van der Waals surface area contributed by atoms with Gasteiger partial charge < -0.3 is 10.4 Å². The Balaban J connectivity index is 1.41. The lowest BCUT2D eigenvalue weighted by molar-refractivity contribution is -0.136. The van der Waals surface area contributed by atoms with E-state index < -0.39 is 5.60 Å². The highest BCUT2D eigenvalue weighted by atomic mass is 16.3. The zero-order chi connectivity index (χ0) is 22.5. The third-order valence-electron chi connectivity index (χ3n) is 7.48. The second kappa shape index (κ2) is 7.59. The molecule has 4 saturated carbocycles. The number of hydrogen-bond donors (Lipinski definition) is 2. The number of aliphatic hydroxyl groups is 1. The van der Waals surface area contributed by atoms with E-state index in [4.69, 9.17) is 5.26 Å². The van der Waals surface area contributed by atoms with Crippen molar-refractivity contribution in [2.45, 2.75) is 64.0 Å². The quantitative estimate of drug-likeness (QED) is 0.726. The molecule has 0 radical (unpaired) electrons. The summed E-state index contributed by atoms with van der Waals surface area (Å²) in [6, 6.07) is 4.11. The molecular weight excluding hydrogens is 404 g/mol. The van der Waals surface area contributed by atoms with Crippen LogP contribution in [0.2, 0.25) is 0 Å². The van der Waals surface area contributed by atoms with E-state index in [0.717, 1.165) is 32.1 Å². The van der Waals surface area contributed by atoms with Gasteiger partial charge in [-0.1, -0.05) is 19.9 Å². The molecule has 8 nitrogen and oxygen atoms in total. The van der Waals surface area contributed by atoms with Crippen LogP contribution in [-0.2, 0) is 0 Å². The van der Waals surface area contributed by atoms with Gasteiger partial charge in [-0.2, -0.15) is 15.5 Å². The predicted octanol–water partition coefficient (Wildman–Crippen LogP) is 3.15. The van der Waals surface area contributed by atoms with Crippen LogP contribution < -0.4 is 5.32 Å². The molecule has 0 aliphatic heterocycles. The van der Waals surface area contributed by atoms with Crippen LogP contribution in [0.25, 0.3) is 12.0 Å². The van der Waals surface area contributed by atoms with Crippen LogP contribution in [0.3, 0.4) is 0 Å². The molecule has 168 valence electrons. The lowest BCUT2D eigenvalue weighted by Crippen LogP contribution is -2.61. The molecule has 4 bridgehead atoms. The van der Waals surface area contributed by atoms with Gasteiger partial charge in [0, 0.05) is 31.1 Å². The van der Waals surface area contributed by atoms with E-state index in [9.17, 15) is 9.90 Å². The summed E-state index contributed by atoms with van der Waals surface area (Å²) in [6.45, 7) is 3.97. The predicted molar refractivity (Wildman–Crippen MR) is 118 cm³/mol. The molecule has 0 saturated heterocycles. The van der Waals surface area contributed by atoms with E-state index >= 15 is 0 Å². The molecule has 4 aliphatic carbocycles. The highest BCUT2D eigenvalue weighted by molar-refractivity contribution is 5.97. The molecule has 2 aromatic heterocycles. The highest BCUT2D eigenvalue weighted by Crippen LogP contribution is 2.55. The molecule has 0 spiro atoms. The van der Waals surface area contributed by atoms with E-state index in [2.05, 4.69) is 21.6 Å². The Kier molecular flexibility index (Phi) is 4.97. The maximum Gasteiger partial charge on any atom is 0.257 e. The summed E-state index contributed by atoms with van der Waals surface area (Å²) in [5.41, 5.74) is -0.376. The highest BCUT2D eigenvalue weighted by Gasteiger charge is 2.55. The van der Waals surface area contributed by atoms with Crippen LogP contribution in [0, 0.1) is 34.5 Å². The molecule has 0 aromatic carbocycles. The Morgan fingerprint density at radius 1 is 1.34 bits per heavy atom. The van der Waals surface area contributed by atoms with Crippen molar-refractivity contribution in [1.82, 2.24) is 24.9 Å². The molecule has 2 aromatic rings. The molecular formula is C24H30N6O2. The first-order chi connectivity index (χ1) is 15.3. The van der Waals surface area contributed by atoms with Gasteiger partial charge in [-0.05, 0) is 61.3 Å². The van der Waals surface area contributed by atoms with Crippen LogP contribution in [0.4, 0.5) is 0 Å². The van der Waals surface area contributed by atoms with Gasteiger partial charge >= 0.3 is 0 Å². The third kappa shape index (κ3) is 3.75. The Morgan fingerprint density at radius 3 is 2.72 bits per heavy atom. The van der Waals surface area contributed by atoms with Crippen LogP contribution in [-0.4, -0.2) is 42.2 Å². The minimum Gasteiger partial charge on any atom is -0.390 e. The number of carbonyl (C=O) groups excluding carboxylic acids is 1. The summed E-state index contributed by atoms with van der Waals surface area (Å²) in [5.74, 6) is 1.68. The fraction of sp³-hybridized carbons (Fsp3) is 0.583. The summed E-state index contributed by atoms with van der Waals surface area (Å²) in [7, 11) is 0. The van der Waals surface area contributed by atoms with Gasteiger partial charge in [-0.3, -0.25) is 4.79 Å². The van der Waals surface area contributed by atoms with Crippen LogP contribution in [0.15, 0.2) is 30.7 Å².